The number of nitrogens with one attached hydrogen (secondary N) is 2. The number of aldehydes is 2. The summed E-state index contributed by atoms with van der Waals surface area (Å²) in [4.78, 5) is 26.1. The second kappa shape index (κ2) is 89.2. The van der Waals surface area contributed by atoms with Gasteiger partial charge in [-0.1, -0.05) is 115 Å². The first-order valence-electron chi connectivity index (χ1n) is 27.7. The van der Waals surface area contributed by atoms with Crippen LogP contribution in [0.15, 0.2) is 83.0 Å². The summed E-state index contributed by atoms with van der Waals surface area (Å²) in [5.41, 5.74) is 18.7. The number of carbonyl (C=O) groups excluding carboxylic acids is 2. The molecule has 0 aliphatic heterocycles. The van der Waals surface area contributed by atoms with Crippen LogP contribution in [0, 0.1) is 204 Å². The maximum Gasteiger partial charge on any atom is 1.00 e. The summed E-state index contributed by atoms with van der Waals surface area (Å²) in [7, 11) is 8.76. The van der Waals surface area contributed by atoms with Gasteiger partial charge in [-0.2, -0.15) is 10.4 Å². The van der Waals surface area contributed by atoms with E-state index in [9.17, 15) is 9.59 Å². The number of nitrogens with zero attached hydrogens (tertiary/aromatic N) is 11. The molecule has 9 N–H and O–H groups in total. The minimum atomic E-state index is -0.0742. The minimum absolute atomic E-state index is 0. The molecule has 0 aliphatic rings. The number of carbonyl (C=O) groups is 2. The smallest absolute Gasteiger partial charge is 1.00 e. The van der Waals surface area contributed by atoms with E-state index in [1.54, 1.807) is 70.7 Å². The van der Waals surface area contributed by atoms with Crippen molar-refractivity contribution in [3.8, 4) is 230 Å². The van der Waals surface area contributed by atoms with Crippen LogP contribution in [0.25, 0.3) is 43.6 Å². The molecular formula is C80H67BBr5ClCuI2N14Na2O11. The van der Waals surface area contributed by atoms with Crippen LogP contribution >= 0.6 is 137 Å². The van der Waals surface area contributed by atoms with Crippen LogP contribution in [0.2, 0.25) is 0 Å². The molecule has 37 heteroatoms. The number of aliphatic hydroxyl groups excluding tert-OH is 4. The van der Waals surface area contributed by atoms with E-state index in [0.717, 1.165) is 67.3 Å². The molecule has 0 bridgehead atoms. The molecular weight excluding hydrogens is 2140 g/mol. The standard InChI is InChI=1S/C31H4.C9H9BrN4O2.C9H7BrN4O2.C9H8BrNO2.C8H8BrIO2.C8H6BrIO2.CN.CH4O.4CH4.B.ClH.Cu.N3.H3N.2Na.H/c1-3-5-7-9-11-13-15-17-19-21-23-25-27-29-31-30-28-26-24-22-20-18-16-14-12-10-8-6-4-2;2*1-16-8-2-5(4-15)7(10)3-6(8)9-11-13-14-12-9;1-11-8-4-7(10)6(5-12)3-9(8)13-2;2*1-12-8-2-5(4-11)6(9)3-7(8)10;2*1-2;;;;;;;;1-3-2;;;;/h1H,2H3;2-3,15H,4H2,1H3,(H,11,12,13,14);2-4H,1H3,(H,11,12,13,14);3-4,12H,5H2,2H3;2-3,11H,4H2,1H3;2-4H,1H3;;2H,1H3;4*1H4;;1H;;;1H3;;;/q;;;;;;-1;;;;;;;;+1;-1;;2*+1;-1. The molecule has 2 aromatic heterocycles. The first-order valence-corrected chi connectivity index (χ1v) is 33.8. The minimum Gasteiger partial charge on any atom is -1.00 e. The maximum atomic E-state index is 10.8. The SMILES string of the molecule is C.C.C.C.C#CC#CC#CC#CC#CC#CC#CC#CC#CC#CC#CC#CC#CC#CC#CC.CO.COc1cc(C=O)c(Br)cc1-c1nn[nH]n1.COc1cc(C=O)c(Br)cc1I.COc1cc(CO)c(Br)cc1-c1nn[nH]n1.COc1cc(CO)c(Br)cc1I.Cl.N.[B].[C-]#N.[C-]#[N+]c1cc(Br)c(CO)cc1OC.[Cu+].[H-].[N-]=[N+]=[N-].[Na+].[Na+]. The molecule has 0 amide bonds. The fourth-order valence-corrected chi connectivity index (χ4v) is 10.6. The normalized spacial score (nSPS) is 7.03. The molecule has 3 radical (unpaired) electrons. The number of hydrogen-bond donors (Lipinski definition) is 7. The second-order valence-electron chi connectivity index (χ2n) is 16.6. The Labute approximate surface area is 818 Å². The Hall–Kier alpha value is -9.20. The van der Waals surface area contributed by atoms with E-state index < -0.39 is 0 Å². The van der Waals surface area contributed by atoms with Gasteiger partial charge >= 0.3 is 76.2 Å². The predicted molar refractivity (Wildman–Crippen MR) is 483 cm³/mol. The largest absolute Gasteiger partial charge is 1.00 e. The Morgan fingerprint density at radius 2 is 0.735 bits per heavy atom. The van der Waals surface area contributed by atoms with Crippen molar-refractivity contribution in [2.24, 2.45) is 0 Å². The molecule has 0 saturated carbocycles. The molecule has 0 spiro atoms. The van der Waals surface area contributed by atoms with Crippen LogP contribution in [-0.2, 0) is 36.9 Å². The number of rotatable bonds is 12. The van der Waals surface area contributed by atoms with Crippen LogP contribution in [0.4, 0.5) is 5.69 Å². The number of tetrazole rings is 2. The number of H-pyrrole nitrogens is 2. The first-order chi connectivity index (χ1) is 51.9. The topological polar surface area (TPSA) is 392 Å². The quantitative estimate of drug-likeness (QED) is 0.00879. The predicted octanol–water partition coefficient (Wildman–Crippen LogP) is 8.63. The van der Waals surface area contributed by atoms with E-state index in [-0.39, 0.29) is 154 Å². The number of terminal acetylenes is 1. The third-order valence-corrected chi connectivity index (χ3v) is 15.8. The summed E-state index contributed by atoms with van der Waals surface area (Å²) in [5, 5.41) is 67.4. The molecule has 0 unspecified atom stereocenters. The molecule has 7 aromatic rings. The van der Waals surface area contributed by atoms with Crippen molar-refractivity contribution >= 4 is 164 Å². The van der Waals surface area contributed by atoms with Crippen LogP contribution in [-0.4, -0.2) is 125 Å². The molecule has 2 heterocycles. The van der Waals surface area contributed by atoms with Crippen molar-refractivity contribution in [2.75, 3.05) is 42.7 Å². The third-order valence-electron chi connectivity index (χ3n) is 10.5. The van der Waals surface area contributed by atoms with Gasteiger partial charge in [-0.15, -0.1) is 39.2 Å². The monoisotopic (exact) mass is 2200 g/mol. The van der Waals surface area contributed by atoms with Gasteiger partial charge in [0, 0.05) is 120 Å². The van der Waals surface area contributed by atoms with Gasteiger partial charge in [0.25, 0.3) is 0 Å². The van der Waals surface area contributed by atoms with E-state index >= 15 is 0 Å². The first kappa shape index (κ1) is 134. The van der Waals surface area contributed by atoms with Crippen LogP contribution in [0.5, 0.6) is 28.7 Å². The van der Waals surface area contributed by atoms with Gasteiger partial charge in [0.2, 0.25) is 17.3 Å². The van der Waals surface area contributed by atoms with Gasteiger partial charge in [0.1, 0.15) is 28.7 Å². The summed E-state index contributed by atoms with van der Waals surface area (Å²) in [6, 6.07) is 17.4. The zero-order valence-corrected chi connectivity index (χ0v) is 78.3. The zero-order chi connectivity index (χ0) is 80.4. The van der Waals surface area contributed by atoms with Crippen molar-refractivity contribution in [1.29, 1.82) is 5.26 Å². The van der Waals surface area contributed by atoms with E-state index in [0.29, 0.717) is 66.9 Å². The van der Waals surface area contributed by atoms with Gasteiger partial charge in [-0.3, -0.25) is 14.5 Å². The zero-order valence-electron chi connectivity index (χ0n) is 61.3. The van der Waals surface area contributed by atoms with Crippen LogP contribution in [0.3, 0.4) is 0 Å². The molecule has 5 aromatic carbocycles. The summed E-state index contributed by atoms with van der Waals surface area (Å²) in [6.07, 6.45) is 6.46. The van der Waals surface area contributed by atoms with Crippen molar-refractivity contribution in [3.05, 3.63) is 152 Å². The van der Waals surface area contributed by atoms with E-state index in [1.807, 2.05) is 18.2 Å². The average Bonchev–Trinajstić information content (AvgIpc) is 1.52. The number of hydrogen-bond acceptors (Lipinski definition) is 19. The number of benzene rings is 5. The number of halogens is 8. The molecule has 0 atom stereocenters. The van der Waals surface area contributed by atoms with E-state index in [1.165, 1.54) is 19.1 Å². The van der Waals surface area contributed by atoms with Crippen LogP contribution in [0.1, 0.15) is 75.5 Å². The molecule has 117 heavy (non-hydrogen) atoms. The Morgan fingerprint density at radius 1 is 0.487 bits per heavy atom. The second-order valence-corrected chi connectivity index (χ2v) is 23.2. The number of methoxy groups -OCH3 is 5. The van der Waals surface area contributed by atoms with E-state index in [4.69, 9.17) is 80.0 Å². The van der Waals surface area contributed by atoms with Gasteiger partial charge in [-0.25, -0.2) is 4.85 Å². The maximum absolute atomic E-state index is 10.8. The number of aliphatic hydroxyl groups is 4. The molecule has 25 nitrogen and oxygen atoms in total. The van der Waals surface area contributed by atoms with Gasteiger partial charge in [0.05, 0.1) is 80.2 Å². The summed E-state index contributed by atoms with van der Waals surface area (Å²) in [6.45, 7) is 13.2. The molecule has 0 saturated heterocycles. The fourth-order valence-electron chi connectivity index (χ4n) is 6.09. The van der Waals surface area contributed by atoms with Crippen LogP contribution < -0.4 is 88.9 Å². The molecule has 0 fully saturated rings. The van der Waals surface area contributed by atoms with Crippen molar-refractivity contribution in [1.82, 2.24) is 47.4 Å². The Kier molecular flexibility index (Phi) is 102. The summed E-state index contributed by atoms with van der Waals surface area (Å²) < 4.78 is 31.4. The summed E-state index contributed by atoms with van der Waals surface area (Å²) in [5.74, 6) is 75.9. The Bertz CT molecular complexity index is 5350. The van der Waals surface area contributed by atoms with Gasteiger partial charge in [0.15, 0.2) is 12.6 Å². The Balaban J connectivity index is -0.000000101. The third kappa shape index (κ3) is 57.5. The number of aromatic nitrogens is 8. The molecule has 7 rings (SSSR count). The molecule has 0 aliphatic carbocycles. The van der Waals surface area contributed by atoms with E-state index in [2.05, 4.69) is 343 Å². The average molecular weight is 2210 g/mol. The Morgan fingerprint density at radius 3 is 1.02 bits per heavy atom. The fraction of sp³-hybridized carbons (Fsp3) is 0.175. The van der Waals surface area contributed by atoms with Crippen molar-refractivity contribution in [3.63, 3.8) is 0 Å². The van der Waals surface area contributed by atoms with Gasteiger partial charge in [-0.05, 0) is 235 Å². The number of ether oxygens (including phenoxy) is 5. The molecule has 595 valence electrons. The van der Waals surface area contributed by atoms with Crippen molar-refractivity contribution in [2.45, 2.75) is 56.5 Å². The summed E-state index contributed by atoms with van der Waals surface area (Å²) >= 11 is 20.9. The van der Waals surface area contributed by atoms with Crippen molar-refractivity contribution < 1.29 is 131 Å². The van der Waals surface area contributed by atoms with Gasteiger partial charge < -0.3 is 74.6 Å². The number of aromatic amines is 2.